The number of guanidine groups is 1. The molecule has 2 rings (SSSR count). The SMILES string of the molecule is CC(C)C(=O)N1CCC(NC(=NCC(=O)N(C)C)NCCN2CCOCC2)CC1.I. The molecule has 9 nitrogen and oxygen atoms in total. The summed E-state index contributed by atoms with van der Waals surface area (Å²) in [5.74, 6) is 0.895. The summed E-state index contributed by atoms with van der Waals surface area (Å²) in [4.78, 5) is 34.4. The van der Waals surface area contributed by atoms with E-state index >= 15 is 0 Å². The monoisotopic (exact) mass is 538 g/mol. The van der Waals surface area contributed by atoms with E-state index in [1.807, 2.05) is 18.7 Å². The van der Waals surface area contributed by atoms with Crippen molar-refractivity contribution in [1.29, 1.82) is 0 Å². The number of rotatable bonds is 7. The number of nitrogens with zero attached hydrogens (tertiary/aromatic N) is 4. The maximum absolute atomic E-state index is 12.2. The maximum Gasteiger partial charge on any atom is 0.243 e. The fourth-order valence-electron chi connectivity index (χ4n) is 3.40. The molecule has 0 radical (unpaired) electrons. The zero-order valence-electron chi connectivity index (χ0n) is 18.9. The molecule has 0 spiro atoms. The summed E-state index contributed by atoms with van der Waals surface area (Å²) >= 11 is 0. The zero-order valence-corrected chi connectivity index (χ0v) is 21.2. The van der Waals surface area contributed by atoms with Gasteiger partial charge in [-0.25, -0.2) is 4.99 Å². The molecule has 0 saturated carbocycles. The van der Waals surface area contributed by atoms with Crippen LogP contribution in [0.3, 0.4) is 0 Å². The number of carbonyl (C=O) groups excluding carboxylic acids is 2. The first-order valence-corrected chi connectivity index (χ1v) is 10.7. The third-order valence-corrected chi connectivity index (χ3v) is 5.34. The van der Waals surface area contributed by atoms with Gasteiger partial charge in [0.05, 0.1) is 13.2 Å². The molecule has 10 heteroatoms. The molecule has 174 valence electrons. The lowest BCUT2D eigenvalue weighted by molar-refractivity contribution is -0.135. The fraction of sp³-hybridized carbons (Fsp3) is 0.850. The minimum absolute atomic E-state index is 0. The molecule has 2 fully saturated rings. The smallest absolute Gasteiger partial charge is 0.243 e. The van der Waals surface area contributed by atoms with E-state index in [1.165, 1.54) is 0 Å². The van der Waals surface area contributed by atoms with E-state index in [4.69, 9.17) is 4.74 Å². The molecule has 0 aliphatic carbocycles. The van der Waals surface area contributed by atoms with Gasteiger partial charge >= 0.3 is 0 Å². The number of halogens is 1. The quantitative estimate of drug-likeness (QED) is 0.274. The highest BCUT2D eigenvalue weighted by Gasteiger charge is 2.24. The second-order valence-electron chi connectivity index (χ2n) is 8.23. The standard InChI is InChI=1S/C20H38N6O3.HI/c1-16(2)19(28)26-8-5-17(6-9-26)23-20(22-15-18(27)24(3)4)21-7-10-25-11-13-29-14-12-25;/h16-17H,5-15H2,1-4H3,(H2,21,22,23);1H. The van der Waals surface area contributed by atoms with Crippen LogP contribution in [-0.2, 0) is 14.3 Å². The van der Waals surface area contributed by atoms with Crippen LogP contribution in [0.2, 0.25) is 0 Å². The Balaban J connectivity index is 0.00000450. The first-order chi connectivity index (χ1) is 13.9. The van der Waals surface area contributed by atoms with Gasteiger partial charge in [0.15, 0.2) is 5.96 Å². The molecule has 0 aromatic carbocycles. The van der Waals surface area contributed by atoms with Gasteiger partial charge in [-0.15, -0.1) is 24.0 Å². The largest absolute Gasteiger partial charge is 0.379 e. The summed E-state index contributed by atoms with van der Waals surface area (Å²) in [5.41, 5.74) is 0. The third kappa shape index (κ3) is 9.34. The van der Waals surface area contributed by atoms with Gasteiger partial charge in [0.1, 0.15) is 6.54 Å². The lowest BCUT2D eigenvalue weighted by atomic mass is 10.0. The Labute approximate surface area is 198 Å². The van der Waals surface area contributed by atoms with Crippen molar-refractivity contribution in [2.45, 2.75) is 32.7 Å². The Morgan fingerprint density at radius 2 is 1.77 bits per heavy atom. The van der Waals surface area contributed by atoms with E-state index in [-0.39, 0.29) is 54.3 Å². The predicted molar refractivity (Wildman–Crippen MR) is 129 cm³/mol. The van der Waals surface area contributed by atoms with E-state index in [9.17, 15) is 9.59 Å². The van der Waals surface area contributed by atoms with Crippen LogP contribution in [0.25, 0.3) is 0 Å². The predicted octanol–water partition coefficient (Wildman–Crippen LogP) is 0.207. The number of carbonyl (C=O) groups is 2. The number of hydrogen-bond acceptors (Lipinski definition) is 5. The van der Waals surface area contributed by atoms with Gasteiger partial charge < -0.3 is 25.2 Å². The van der Waals surface area contributed by atoms with Gasteiger partial charge in [-0.1, -0.05) is 13.8 Å². The molecule has 2 aliphatic heterocycles. The minimum atomic E-state index is -0.0309. The highest BCUT2D eigenvalue weighted by Crippen LogP contribution is 2.13. The molecule has 0 unspecified atom stereocenters. The lowest BCUT2D eigenvalue weighted by Crippen LogP contribution is -2.51. The van der Waals surface area contributed by atoms with Crippen molar-refractivity contribution >= 4 is 41.8 Å². The molecule has 0 bridgehead atoms. The van der Waals surface area contributed by atoms with Gasteiger partial charge in [0, 0.05) is 65.3 Å². The molecular weight excluding hydrogens is 499 g/mol. The number of morpholine rings is 1. The van der Waals surface area contributed by atoms with Crippen molar-refractivity contribution < 1.29 is 14.3 Å². The van der Waals surface area contributed by atoms with Crippen LogP contribution in [0.15, 0.2) is 4.99 Å². The number of piperidine rings is 1. The molecule has 30 heavy (non-hydrogen) atoms. The Morgan fingerprint density at radius 1 is 1.13 bits per heavy atom. The van der Waals surface area contributed by atoms with Gasteiger partial charge in [0.25, 0.3) is 0 Å². The Kier molecular flexibility index (Phi) is 12.6. The van der Waals surface area contributed by atoms with E-state index in [1.54, 1.807) is 19.0 Å². The van der Waals surface area contributed by atoms with Crippen molar-refractivity contribution in [2.24, 2.45) is 10.9 Å². The average Bonchev–Trinajstić information content (AvgIpc) is 2.72. The van der Waals surface area contributed by atoms with Gasteiger partial charge in [-0.05, 0) is 12.8 Å². The van der Waals surface area contributed by atoms with Crippen LogP contribution in [-0.4, -0.2) is 112 Å². The van der Waals surface area contributed by atoms with Crippen LogP contribution < -0.4 is 10.6 Å². The first-order valence-electron chi connectivity index (χ1n) is 10.7. The number of hydrogen-bond donors (Lipinski definition) is 2. The van der Waals surface area contributed by atoms with Crippen LogP contribution >= 0.6 is 24.0 Å². The fourth-order valence-corrected chi connectivity index (χ4v) is 3.40. The molecule has 0 aromatic heterocycles. The highest BCUT2D eigenvalue weighted by atomic mass is 127. The molecule has 2 heterocycles. The van der Waals surface area contributed by atoms with E-state index in [0.717, 1.165) is 65.3 Å². The summed E-state index contributed by atoms with van der Waals surface area (Å²) in [6, 6.07) is 0.246. The second-order valence-corrected chi connectivity index (χ2v) is 8.23. The molecule has 0 aromatic rings. The Hall–Kier alpha value is -1.14. The van der Waals surface area contributed by atoms with Crippen LogP contribution in [0.4, 0.5) is 0 Å². The van der Waals surface area contributed by atoms with Crippen molar-refractivity contribution in [1.82, 2.24) is 25.3 Å². The van der Waals surface area contributed by atoms with Crippen molar-refractivity contribution in [3.8, 4) is 0 Å². The first kappa shape index (κ1) is 26.9. The highest BCUT2D eigenvalue weighted by molar-refractivity contribution is 14.0. The Bertz CT molecular complexity index is 559. The van der Waals surface area contributed by atoms with E-state index in [2.05, 4.69) is 20.5 Å². The number of aliphatic imine (C=N–C) groups is 1. The van der Waals surface area contributed by atoms with Crippen LogP contribution in [0.5, 0.6) is 0 Å². The van der Waals surface area contributed by atoms with Gasteiger partial charge in [-0.3, -0.25) is 14.5 Å². The molecule has 2 aliphatic rings. The lowest BCUT2D eigenvalue weighted by Gasteiger charge is -2.34. The normalized spacial score (nSPS) is 18.7. The Morgan fingerprint density at radius 3 is 2.33 bits per heavy atom. The number of ether oxygens (including phenoxy) is 1. The average molecular weight is 538 g/mol. The van der Waals surface area contributed by atoms with Crippen molar-refractivity contribution in [2.75, 3.05) is 73.1 Å². The molecule has 2 N–H and O–H groups in total. The molecule has 0 atom stereocenters. The molecule has 2 saturated heterocycles. The van der Waals surface area contributed by atoms with Crippen LogP contribution in [0.1, 0.15) is 26.7 Å². The van der Waals surface area contributed by atoms with E-state index < -0.39 is 0 Å². The summed E-state index contributed by atoms with van der Waals surface area (Å²) in [5, 5.41) is 6.83. The van der Waals surface area contributed by atoms with Crippen molar-refractivity contribution in [3.05, 3.63) is 0 Å². The van der Waals surface area contributed by atoms with Gasteiger partial charge in [-0.2, -0.15) is 0 Å². The minimum Gasteiger partial charge on any atom is -0.379 e. The zero-order chi connectivity index (χ0) is 21.2. The van der Waals surface area contributed by atoms with E-state index in [0.29, 0.717) is 5.96 Å². The molecule has 2 amide bonds. The van der Waals surface area contributed by atoms with Gasteiger partial charge in [0.2, 0.25) is 11.8 Å². The molecular formula is C20H39IN6O3. The van der Waals surface area contributed by atoms with Crippen molar-refractivity contribution in [3.63, 3.8) is 0 Å². The number of likely N-dealkylation sites (N-methyl/N-ethyl adjacent to an activating group) is 1. The second kappa shape index (κ2) is 14.0. The number of likely N-dealkylation sites (tertiary alicyclic amines) is 1. The number of nitrogens with one attached hydrogen (secondary N) is 2. The summed E-state index contributed by atoms with van der Waals surface area (Å²) in [6.45, 7) is 10.6. The number of amides is 2. The third-order valence-electron chi connectivity index (χ3n) is 5.34. The summed E-state index contributed by atoms with van der Waals surface area (Å²) in [7, 11) is 3.47. The maximum atomic E-state index is 12.2. The topological polar surface area (TPSA) is 89.5 Å². The summed E-state index contributed by atoms with van der Waals surface area (Å²) in [6.07, 6.45) is 1.76. The summed E-state index contributed by atoms with van der Waals surface area (Å²) < 4.78 is 5.39. The van der Waals surface area contributed by atoms with Crippen LogP contribution in [0, 0.1) is 5.92 Å².